The molecule has 0 saturated heterocycles. The molecule has 2 N–H and O–H groups in total. The van der Waals surface area contributed by atoms with Crippen molar-refractivity contribution in [2.45, 2.75) is 73.3 Å². The van der Waals surface area contributed by atoms with Gasteiger partial charge in [-0.25, -0.2) is 4.79 Å². The van der Waals surface area contributed by atoms with Crippen LogP contribution in [0.15, 0.2) is 95.2 Å². The Morgan fingerprint density at radius 2 is 1.51 bits per heavy atom. The molecule has 1 fully saturated rings. The fraction of sp³-hybridized carbons (Fsp3) is 0.424. The topological polar surface area (TPSA) is 101 Å². The van der Waals surface area contributed by atoms with E-state index < -0.39 is 23.0 Å². The number of ether oxygens (including phenoxy) is 1. The number of hydrogen-bond donors (Lipinski definition) is 2. The van der Waals surface area contributed by atoms with Crippen molar-refractivity contribution in [1.82, 2.24) is 0 Å². The highest BCUT2D eigenvalue weighted by Gasteiger charge is 2.50. The molecule has 0 heterocycles. The zero-order valence-corrected chi connectivity index (χ0v) is 24.4. The van der Waals surface area contributed by atoms with Crippen LogP contribution in [0, 0.1) is 11.3 Å². The van der Waals surface area contributed by atoms with Crippen LogP contribution in [0.5, 0.6) is 0 Å². The van der Waals surface area contributed by atoms with Gasteiger partial charge in [-0.05, 0) is 38.7 Å². The van der Waals surface area contributed by atoms with Crippen LogP contribution < -0.4 is 0 Å². The van der Waals surface area contributed by atoms with Gasteiger partial charge >= 0.3 is 11.9 Å². The molecule has 0 amide bonds. The SMILES string of the molecule is CC(=O)OC/C(=C\C(=O)O)C/C=C/C(C)=C/C=C/C=C(C)/C=C/C=C(C)\C=C\[C@]1(O)[C@@H](C)CC(=O)CC1(C)C. The van der Waals surface area contributed by atoms with Crippen molar-refractivity contribution in [3.63, 3.8) is 0 Å². The molecule has 1 aliphatic rings. The number of carbonyl (C=O) groups excluding carboxylic acids is 2. The first-order chi connectivity index (χ1) is 18.2. The zero-order chi connectivity index (χ0) is 29.6. The molecule has 0 aromatic carbocycles. The van der Waals surface area contributed by atoms with Crippen molar-refractivity contribution < 1.29 is 29.3 Å². The molecule has 1 rings (SSSR count). The molecule has 0 bridgehead atoms. The van der Waals surface area contributed by atoms with Gasteiger partial charge in [0.05, 0.1) is 5.60 Å². The van der Waals surface area contributed by atoms with E-state index in [1.165, 1.54) is 6.92 Å². The van der Waals surface area contributed by atoms with Gasteiger partial charge in [0.2, 0.25) is 0 Å². The summed E-state index contributed by atoms with van der Waals surface area (Å²) in [4.78, 5) is 33.9. The maximum absolute atomic E-state index is 12.0. The van der Waals surface area contributed by atoms with Crippen molar-refractivity contribution in [2.75, 3.05) is 6.61 Å². The van der Waals surface area contributed by atoms with Crippen molar-refractivity contribution in [3.05, 3.63) is 95.2 Å². The number of carboxylic acids is 1. The predicted octanol–water partition coefficient (Wildman–Crippen LogP) is 6.77. The Labute approximate surface area is 233 Å². The largest absolute Gasteiger partial charge is 0.478 e. The first-order valence-electron chi connectivity index (χ1n) is 13.2. The molecule has 0 radical (unpaired) electrons. The van der Waals surface area contributed by atoms with E-state index in [9.17, 15) is 19.5 Å². The van der Waals surface area contributed by atoms with Crippen molar-refractivity contribution in [3.8, 4) is 0 Å². The molecule has 0 spiro atoms. The second-order valence-corrected chi connectivity index (χ2v) is 10.9. The summed E-state index contributed by atoms with van der Waals surface area (Å²) in [5, 5.41) is 20.2. The fourth-order valence-corrected chi connectivity index (χ4v) is 4.38. The second kappa shape index (κ2) is 15.8. The van der Waals surface area contributed by atoms with E-state index in [0.717, 1.165) is 22.8 Å². The van der Waals surface area contributed by atoms with Gasteiger partial charge in [-0.3, -0.25) is 9.59 Å². The van der Waals surface area contributed by atoms with E-state index in [4.69, 9.17) is 9.84 Å². The van der Waals surface area contributed by atoms with Crippen LogP contribution in [0.3, 0.4) is 0 Å². The Balaban J connectivity index is 2.70. The minimum Gasteiger partial charge on any atom is -0.478 e. The quantitative estimate of drug-likeness (QED) is 0.162. The molecular weight excluding hydrogens is 492 g/mol. The Morgan fingerprint density at radius 3 is 2.08 bits per heavy atom. The third-order valence-corrected chi connectivity index (χ3v) is 6.71. The first-order valence-corrected chi connectivity index (χ1v) is 13.2. The van der Waals surface area contributed by atoms with Crippen LogP contribution in [-0.2, 0) is 19.1 Å². The average Bonchev–Trinajstić information content (AvgIpc) is 2.81. The van der Waals surface area contributed by atoms with Crippen molar-refractivity contribution in [2.24, 2.45) is 11.3 Å². The molecule has 6 heteroatoms. The van der Waals surface area contributed by atoms with E-state index >= 15 is 0 Å². The Kier molecular flexibility index (Phi) is 13.6. The summed E-state index contributed by atoms with van der Waals surface area (Å²) in [7, 11) is 0. The van der Waals surface area contributed by atoms with E-state index in [2.05, 4.69) is 0 Å². The van der Waals surface area contributed by atoms with E-state index in [0.29, 0.717) is 24.8 Å². The van der Waals surface area contributed by atoms with Crippen LogP contribution in [0.4, 0.5) is 0 Å². The third-order valence-electron chi connectivity index (χ3n) is 6.71. The maximum Gasteiger partial charge on any atom is 0.328 e. The lowest BCUT2D eigenvalue weighted by molar-refractivity contribution is -0.142. The summed E-state index contributed by atoms with van der Waals surface area (Å²) in [5.74, 6) is -1.45. The predicted molar refractivity (Wildman–Crippen MR) is 157 cm³/mol. The minimum atomic E-state index is -1.07. The summed E-state index contributed by atoms with van der Waals surface area (Å²) in [6.07, 6.45) is 23.4. The van der Waals surface area contributed by atoms with Gasteiger partial charge in [0.15, 0.2) is 0 Å². The number of carbonyl (C=O) groups is 3. The number of esters is 1. The summed E-state index contributed by atoms with van der Waals surface area (Å²) >= 11 is 0. The molecule has 0 aliphatic heterocycles. The Hall–Kier alpha value is -3.51. The first kappa shape index (κ1) is 33.5. The fourth-order valence-electron chi connectivity index (χ4n) is 4.38. The normalized spacial score (nSPS) is 23.5. The summed E-state index contributed by atoms with van der Waals surface area (Å²) in [5.41, 5.74) is 2.02. The van der Waals surface area contributed by atoms with Gasteiger partial charge in [0.1, 0.15) is 12.4 Å². The second-order valence-electron chi connectivity index (χ2n) is 10.9. The van der Waals surface area contributed by atoms with Gasteiger partial charge in [0, 0.05) is 31.3 Å². The number of aliphatic hydroxyl groups is 1. The van der Waals surface area contributed by atoms with Crippen molar-refractivity contribution in [1.29, 1.82) is 0 Å². The van der Waals surface area contributed by atoms with Gasteiger partial charge in [-0.2, -0.15) is 0 Å². The highest BCUT2D eigenvalue weighted by molar-refractivity contribution is 5.81. The number of hydrogen-bond acceptors (Lipinski definition) is 5. The highest BCUT2D eigenvalue weighted by atomic mass is 16.5. The van der Waals surface area contributed by atoms with Gasteiger partial charge in [0.25, 0.3) is 0 Å². The lowest BCUT2D eigenvalue weighted by Gasteiger charge is -2.48. The third kappa shape index (κ3) is 12.3. The highest BCUT2D eigenvalue weighted by Crippen LogP contribution is 2.46. The Bertz CT molecular complexity index is 1140. The Morgan fingerprint density at radius 1 is 0.949 bits per heavy atom. The van der Waals surface area contributed by atoms with Gasteiger partial charge in [-0.15, -0.1) is 0 Å². The number of carboxylic acid groups (broad SMARTS) is 1. The molecule has 212 valence electrons. The zero-order valence-electron chi connectivity index (χ0n) is 24.4. The standard InChI is InChI=1S/C33H44O6/c1-24(12-8-9-13-25(2)16-11-17-29(21-31(36)37)23-39-28(5)34)14-10-15-26(3)18-19-33(38)27(4)20-30(35)22-32(33,6)7/h8-16,18-19,21,27,38H,17,20,22-23H2,1-7H3,(H,36,37)/b9-8+,14-10+,16-11+,19-18+,24-12+,25-13+,26-15-,29-21-/t27-,33-/m0/s1. The summed E-state index contributed by atoms with van der Waals surface area (Å²) in [6.45, 7) is 13.0. The lowest BCUT2D eigenvalue weighted by Crippen LogP contribution is -2.53. The van der Waals surface area contributed by atoms with E-state index in [-0.39, 0.29) is 18.3 Å². The molecule has 1 saturated carbocycles. The molecular formula is C33H44O6. The summed E-state index contributed by atoms with van der Waals surface area (Å²) < 4.78 is 4.89. The molecule has 0 aromatic rings. The van der Waals surface area contributed by atoms with Crippen LogP contribution in [0.25, 0.3) is 0 Å². The van der Waals surface area contributed by atoms with Gasteiger partial charge in [-0.1, -0.05) is 104 Å². The molecule has 1 aliphatic carbocycles. The molecule has 6 nitrogen and oxygen atoms in total. The smallest absolute Gasteiger partial charge is 0.328 e. The van der Waals surface area contributed by atoms with Crippen LogP contribution in [0.1, 0.15) is 67.7 Å². The monoisotopic (exact) mass is 536 g/mol. The number of aliphatic carboxylic acids is 1. The molecule has 0 unspecified atom stereocenters. The number of ketones is 1. The van der Waals surface area contributed by atoms with Crippen molar-refractivity contribution >= 4 is 17.7 Å². The number of Topliss-reactive ketones (excluding diaryl/α,β-unsaturated/α-hetero) is 1. The molecule has 2 atom stereocenters. The van der Waals surface area contributed by atoms with E-state index in [1.54, 1.807) is 0 Å². The molecule has 0 aromatic heterocycles. The van der Waals surface area contributed by atoms with Crippen LogP contribution in [0.2, 0.25) is 0 Å². The average molecular weight is 537 g/mol. The maximum atomic E-state index is 12.0. The van der Waals surface area contributed by atoms with E-state index in [1.807, 2.05) is 108 Å². The van der Waals surface area contributed by atoms with Crippen LogP contribution in [-0.4, -0.2) is 40.1 Å². The number of allylic oxidation sites excluding steroid dienone is 13. The lowest BCUT2D eigenvalue weighted by atomic mass is 9.60. The van der Waals surface area contributed by atoms with Crippen LogP contribution >= 0.6 is 0 Å². The minimum absolute atomic E-state index is 0.0427. The van der Waals surface area contributed by atoms with Gasteiger partial charge < -0.3 is 14.9 Å². The number of rotatable bonds is 12. The molecule has 39 heavy (non-hydrogen) atoms. The summed E-state index contributed by atoms with van der Waals surface area (Å²) in [6, 6.07) is 0.